The highest BCUT2D eigenvalue weighted by molar-refractivity contribution is 7.80. The summed E-state index contributed by atoms with van der Waals surface area (Å²) < 4.78 is 5.66. The standard InChI is InChI=1S/C23H21Cl2N3O3S/c1-3-4-21(29)26-15-7-8-16(24)18(12-15)27-23(32)28-22(30)20-10-9-19(31-20)14-6-5-13(2)17(25)11-14/h5-12H,3-4H2,1-2H3,(H,26,29)(H2,27,28,30,32). The van der Waals surface area contributed by atoms with Gasteiger partial charge in [-0.2, -0.15) is 0 Å². The van der Waals surface area contributed by atoms with Gasteiger partial charge in [-0.1, -0.05) is 42.3 Å². The first-order chi connectivity index (χ1) is 15.3. The Morgan fingerprint density at radius 1 is 1.00 bits per heavy atom. The van der Waals surface area contributed by atoms with Crippen molar-refractivity contribution in [1.82, 2.24) is 5.32 Å². The van der Waals surface area contributed by atoms with Gasteiger partial charge in [0, 0.05) is 22.7 Å². The summed E-state index contributed by atoms with van der Waals surface area (Å²) in [4.78, 5) is 24.3. The number of hydrogen-bond acceptors (Lipinski definition) is 4. The Morgan fingerprint density at radius 2 is 1.78 bits per heavy atom. The number of carbonyl (C=O) groups is 2. The van der Waals surface area contributed by atoms with Crippen molar-refractivity contribution in [1.29, 1.82) is 0 Å². The number of furan rings is 1. The summed E-state index contributed by atoms with van der Waals surface area (Å²) >= 11 is 17.6. The molecule has 0 saturated carbocycles. The Morgan fingerprint density at radius 3 is 2.50 bits per heavy atom. The molecule has 1 heterocycles. The molecule has 0 radical (unpaired) electrons. The molecule has 32 heavy (non-hydrogen) atoms. The van der Waals surface area contributed by atoms with Crippen LogP contribution in [0, 0.1) is 6.92 Å². The van der Waals surface area contributed by atoms with Crippen LogP contribution in [0.1, 0.15) is 35.9 Å². The lowest BCUT2D eigenvalue weighted by Gasteiger charge is -2.12. The van der Waals surface area contributed by atoms with E-state index in [0.717, 1.165) is 17.5 Å². The van der Waals surface area contributed by atoms with Crippen molar-refractivity contribution >= 4 is 63.7 Å². The number of hydrogen-bond donors (Lipinski definition) is 3. The summed E-state index contributed by atoms with van der Waals surface area (Å²) in [6.45, 7) is 3.83. The summed E-state index contributed by atoms with van der Waals surface area (Å²) in [5.41, 5.74) is 2.72. The van der Waals surface area contributed by atoms with Crippen LogP contribution in [0.3, 0.4) is 0 Å². The van der Waals surface area contributed by atoms with Crippen LogP contribution in [0.5, 0.6) is 0 Å². The molecule has 0 fully saturated rings. The Bertz CT molecular complexity index is 1180. The Kier molecular flexibility index (Phi) is 7.90. The van der Waals surface area contributed by atoms with Crippen molar-refractivity contribution in [2.24, 2.45) is 0 Å². The molecular weight excluding hydrogens is 469 g/mol. The Labute approximate surface area is 201 Å². The molecule has 2 amide bonds. The highest BCUT2D eigenvalue weighted by Gasteiger charge is 2.15. The predicted molar refractivity (Wildman–Crippen MR) is 133 cm³/mol. The van der Waals surface area contributed by atoms with E-state index < -0.39 is 5.91 Å². The molecule has 0 saturated heterocycles. The molecule has 0 aliphatic carbocycles. The van der Waals surface area contributed by atoms with Crippen molar-refractivity contribution in [3.8, 4) is 11.3 Å². The van der Waals surface area contributed by atoms with Gasteiger partial charge in [0.25, 0.3) is 5.91 Å². The van der Waals surface area contributed by atoms with Gasteiger partial charge in [-0.05, 0) is 67.5 Å². The average molecular weight is 490 g/mol. The number of anilines is 2. The van der Waals surface area contributed by atoms with E-state index in [0.29, 0.717) is 33.6 Å². The molecule has 0 aliphatic rings. The van der Waals surface area contributed by atoms with Crippen LogP contribution in [-0.2, 0) is 4.79 Å². The third-order valence-electron chi connectivity index (χ3n) is 4.49. The van der Waals surface area contributed by atoms with Crippen LogP contribution >= 0.6 is 35.4 Å². The molecule has 1 aromatic heterocycles. The zero-order valence-corrected chi connectivity index (χ0v) is 19.8. The molecule has 3 N–H and O–H groups in total. The summed E-state index contributed by atoms with van der Waals surface area (Å²) in [5, 5.41) is 9.23. The minimum atomic E-state index is -0.518. The van der Waals surface area contributed by atoms with Crippen LogP contribution in [0.15, 0.2) is 52.9 Å². The number of rotatable bonds is 6. The van der Waals surface area contributed by atoms with Gasteiger partial charge in [0.05, 0.1) is 10.7 Å². The van der Waals surface area contributed by atoms with E-state index in [-0.39, 0.29) is 16.8 Å². The second kappa shape index (κ2) is 10.6. The number of aryl methyl sites for hydroxylation is 1. The Hall–Kier alpha value is -2.87. The maximum Gasteiger partial charge on any atom is 0.293 e. The van der Waals surface area contributed by atoms with E-state index >= 15 is 0 Å². The lowest BCUT2D eigenvalue weighted by molar-refractivity contribution is -0.116. The van der Waals surface area contributed by atoms with Gasteiger partial charge >= 0.3 is 0 Å². The molecule has 0 spiro atoms. The molecule has 3 aromatic rings. The monoisotopic (exact) mass is 489 g/mol. The summed E-state index contributed by atoms with van der Waals surface area (Å²) in [6, 6.07) is 13.7. The molecule has 6 nitrogen and oxygen atoms in total. The molecular formula is C23H21Cl2N3O3S. The van der Waals surface area contributed by atoms with Crippen LogP contribution in [0.4, 0.5) is 11.4 Å². The fraction of sp³-hybridized carbons (Fsp3) is 0.174. The zero-order valence-electron chi connectivity index (χ0n) is 17.4. The molecule has 0 unspecified atom stereocenters. The highest BCUT2D eigenvalue weighted by atomic mass is 35.5. The van der Waals surface area contributed by atoms with Crippen molar-refractivity contribution in [3.05, 3.63) is 69.9 Å². The third-order valence-corrected chi connectivity index (χ3v) is 5.43. The molecule has 9 heteroatoms. The SMILES string of the molecule is CCCC(=O)Nc1ccc(Cl)c(NC(=S)NC(=O)c2ccc(-c3ccc(C)c(Cl)c3)o2)c1. The zero-order chi connectivity index (χ0) is 23.3. The van der Waals surface area contributed by atoms with Gasteiger partial charge in [0.2, 0.25) is 5.91 Å². The first-order valence-corrected chi connectivity index (χ1v) is 11.0. The average Bonchev–Trinajstić information content (AvgIpc) is 3.23. The van der Waals surface area contributed by atoms with Gasteiger partial charge in [-0.15, -0.1) is 0 Å². The molecule has 3 rings (SSSR count). The maximum atomic E-state index is 12.5. The molecule has 0 aliphatic heterocycles. The van der Waals surface area contributed by atoms with Gasteiger partial charge in [0.15, 0.2) is 10.9 Å². The fourth-order valence-corrected chi connectivity index (χ4v) is 3.38. The number of benzene rings is 2. The largest absolute Gasteiger partial charge is 0.451 e. The summed E-state index contributed by atoms with van der Waals surface area (Å²) in [5.74, 6) is -0.0161. The predicted octanol–water partition coefficient (Wildman–Crippen LogP) is 6.43. The van der Waals surface area contributed by atoms with E-state index in [4.69, 9.17) is 39.8 Å². The van der Waals surface area contributed by atoms with Crippen molar-refractivity contribution in [2.45, 2.75) is 26.7 Å². The number of carbonyl (C=O) groups excluding carboxylic acids is 2. The van der Waals surface area contributed by atoms with E-state index in [9.17, 15) is 9.59 Å². The van der Waals surface area contributed by atoms with Gasteiger partial charge in [0.1, 0.15) is 5.76 Å². The molecule has 2 aromatic carbocycles. The van der Waals surface area contributed by atoms with Crippen LogP contribution in [0.2, 0.25) is 10.0 Å². The van der Waals surface area contributed by atoms with Crippen molar-refractivity contribution in [2.75, 3.05) is 10.6 Å². The summed E-state index contributed by atoms with van der Waals surface area (Å²) in [7, 11) is 0. The van der Waals surface area contributed by atoms with Gasteiger partial charge in [-0.3, -0.25) is 14.9 Å². The highest BCUT2D eigenvalue weighted by Crippen LogP contribution is 2.28. The van der Waals surface area contributed by atoms with E-state index in [1.54, 1.807) is 36.4 Å². The fourth-order valence-electron chi connectivity index (χ4n) is 2.83. The number of amides is 2. The van der Waals surface area contributed by atoms with Gasteiger partial charge < -0.3 is 15.1 Å². The minimum Gasteiger partial charge on any atom is -0.451 e. The quantitative estimate of drug-likeness (QED) is 0.347. The number of nitrogens with one attached hydrogen (secondary N) is 3. The van der Waals surface area contributed by atoms with E-state index in [2.05, 4.69) is 16.0 Å². The van der Waals surface area contributed by atoms with Crippen molar-refractivity contribution in [3.63, 3.8) is 0 Å². The maximum absolute atomic E-state index is 12.5. The van der Waals surface area contributed by atoms with Crippen molar-refractivity contribution < 1.29 is 14.0 Å². The minimum absolute atomic E-state index is 0.0327. The smallest absolute Gasteiger partial charge is 0.293 e. The molecule has 0 atom stereocenters. The van der Waals surface area contributed by atoms with Gasteiger partial charge in [-0.25, -0.2) is 0 Å². The lowest BCUT2D eigenvalue weighted by Crippen LogP contribution is -2.34. The first kappa shape index (κ1) is 23.8. The van der Waals surface area contributed by atoms with Crippen LogP contribution < -0.4 is 16.0 Å². The van der Waals surface area contributed by atoms with E-state index in [1.807, 2.05) is 26.0 Å². The van der Waals surface area contributed by atoms with E-state index in [1.165, 1.54) is 0 Å². The molecule has 166 valence electrons. The topological polar surface area (TPSA) is 83.4 Å². The lowest BCUT2D eigenvalue weighted by atomic mass is 10.1. The molecule has 0 bridgehead atoms. The normalized spacial score (nSPS) is 10.5. The number of thiocarbonyl (C=S) groups is 1. The second-order valence-electron chi connectivity index (χ2n) is 7.03. The van der Waals surface area contributed by atoms with Crippen LogP contribution in [0.25, 0.3) is 11.3 Å². The summed E-state index contributed by atoms with van der Waals surface area (Å²) in [6.07, 6.45) is 1.16. The first-order valence-electron chi connectivity index (χ1n) is 9.85. The van der Waals surface area contributed by atoms with Crippen LogP contribution in [-0.4, -0.2) is 16.9 Å². The third kappa shape index (κ3) is 6.09. The second-order valence-corrected chi connectivity index (χ2v) is 8.25. The number of halogens is 2. The Balaban J connectivity index is 1.65.